The Kier molecular flexibility index (Phi) is 6.49. The molecule has 6 nitrogen and oxygen atoms in total. The van der Waals surface area contributed by atoms with Gasteiger partial charge in [0.2, 0.25) is 5.91 Å². The van der Waals surface area contributed by atoms with Gasteiger partial charge < -0.3 is 20.9 Å². The normalized spacial score (nSPS) is 16.6. The number of amides is 1. The number of piperazine rings is 1. The monoisotopic (exact) mass is 255 g/mol. The molecule has 0 bridgehead atoms. The summed E-state index contributed by atoms with van der Waals surface area (Å²) in [7, 11) is 2.09. The number of hydrogen-bond acceptors (Lipinski definition) is 3. The van der Waals surface area contributed by atoms with Gasteiger partial charge in [-0.05, 0) is 19.9 Å². The largest absolute Gasteiger partial charge is 0.370 e. The SMILES string of the molecule is CN1CCN(C(=O)CCCCCNC(=N)N)CC1. The molecule has 0 unspecified atom stereocenters. The summed E-state index contributed by atoms with van der Waals surface area (Å²) in [5, 5.41) is 9.76. The minimum atomic E-state index is 0.0171. The van der Waals surface area contributed by atoms with E-state index in [4.69, 9.17) is 11.1 Å². The maximum absolute atomic E-state index is 11.9. The molecular formula is C12H25N5O. The molecule has 0 atom stereocenters. The summed E-state index contributed by atoms with van der Waals surface area (Å²) in [5.74, 6) is 0.297. The van der Waals surface area contributed by atoms with Crippen LogP contribution in [0.4, 0.5) is 0 Å². The predicted molar refractivity (Wildman–Crippen MR) is 72.5 cm³/mol. The van der Waals surface area contributed by atoms with E-state index in [0.29, 0.717) is 6.42 Å². The first-order valence-corrected chi connectivity index (χ1v) is 6.64. The van der Waals surface area contributed by atoms with Gasteiger partial charge in [-0.15, -0.1) is 0 Å². The van der Waals surface area contributed by atoms with E-state index in [1.807, 2.05) is 4.90 Å². The third kappa shape index (κ3) is 5.86. The van der Waals surface area contributed by atoms with Crippen molar-refractivity contribution < 1.29 is 4.79 Å². The first-order valence-electron chi connectivity index (χ1n) is 6.64. The number of guanidine groups is 1. The minimum Gasteiger partial charge on any atom is -0.370 e. The Morgan fingerprint density at radius 3 is 2.50 bits per heavy atom. The molecule has 104 valence electrons. The number of nitrogens with zero attached hydrogens (tertiary/aromatic N) is 2. The third-order valence-corrected chi connectivity index (χ3v) is 3.24. The van der Waals surface area contributed by atoms with Gasteiger partial charge in [0.25, 0.3) is 0 Å². The van der Waals surface area contributed by atoms with E-state index in [0.717, 1.165) is 52.0 Å². The van der Waals surface area contributed by atoms with Crippen LogP contribution in [0.25, 0.3) is 0 Å². The highest BCUT2D eigenvalue weighted by Gasteiger charge is 2.17. The van der Waals surface area contributed by atoms with Crippen LogP contribution >= 0.6 is 0 Å². The number of carbonyl (C=O) groups excluding carboxylic acids is 1. The zero-order valence-electron chi connectivity index (χ0n) is 11.2. The van der Waals surface area contributed by atoms with Crippen molar-refractivity contribution in [2.75, 3.05) is 39.8 Å². The van der Waals surface area contributed by atoms with Crippen LogP contribution < -0.4 is 11.1 Å². The number of likely N-dealkylation sites (N-methyl/N-ethyl adjacent to an activating group) is 1. The molecular weight excluding hydrogens is 230 g/mol. The van der Waals surface area contributed by atoms with E-state index >= 15 is 0 Å². The predicted octanol–water partition coefficient (Wildman–Crippen LogP) is -0.196. The first-order chi connectivity index (χ1) is 8.59. The number of nitrogens with two attached hydrogens (primary N) is 1. The second-order valence-corrected chi connectivity index (χ2v) is 4.84. The van der Waals surface area contributed by atoms with Crippen LogP contribution in [0.15, 0.2) is 0 Å². The molecule has 1 aliphatic heterocycles. The van der Waals surface area contributed by atoms with Crippen molar-refractivity contribution in [3.63, 3.8) is 0 Å². The fourth-order valence-corrected chi connectivity index (χ4v) is 2.02. The molecule has 0 aromatic rings. The minimum absolute atomic E-state index is 0.0171. The molecule has 1 rings (SSSR count). The van der Waals surface area contributed by atoms with E-state index in [9.17, 15) is 4.79 Å². The topological polar surface area (TPSA) is 85.5 Å². The molecule has 0 radical (unpaired) electrons. The molecule has 6 heteroatoms. The van der Waals surface area contributed by atoms with Crippen molar-refractivity contribution in [2.45, 2.75) is 25.7 Å². The fourth-order valence-electron chi connectivity index (χ4n) is 2.02. The molecule has 4 N–H and O–H groups in total. The van der Waals surface area contributed by atoms with Gasteiger partial charge in [-0.3, -0.25) is 10.2 Å². The summed E-state index contributed by atoms with van der Waals surface area (Å²) >= 11 is 0. The first kappa shape index (κ1) is 14.8. The van der Waals surface area contributed by atoms with Crippen LogP contribution in [-0.4, -0.2) is 61.4 Å². The number of unbranched alkanes of at least 4 members (excludes halogenated alkanes) is 2. The van der Waals surface area contributed by atoms with Gasteiger partial charge in [0, 0.05) is 39.1 Å². The Balaban J connectivity index is 2.01. The van der Waals surface area contributed by atoms with Crippen molar-refractivity contribution in [3.8, 4) is 0 Å². The highest BCUT2D eigenvalue weighted by molar-refractivity contribution is 5.76. The smallest absolute Gasteiger partial charge is 0.222 e. The number of nitrogens with one attached hydrogen (secondary N) is 2. The van der Waals surface area contributed by atoms with Gasteiger partial charge >= 0.3 is 0 Å². The molecule has 1 fully saturated rings. The second-order valence-electron chi connectivity index (χ2n) is 4.84. The number of hydrogen-bond donors (Lipinski definition) is 3. The van der Waals surface area contributed by atoms with Crippen LogP contribution in [0.2, 0.25) is 0 Å². The van der Waals surface area contributed by atoms with Gasteiger partial charge in [0.15, 0.2) is 5.96 Å². The second kappa shape index (κ2) is 7.92. The highest BCUT2D eigenvalue weighted by Crippen LogP contribution is 2.06. The zero-order valence-corrected chi connectivity index (χ0v) is 11.2. The standard InChI is InChI=1S/C12H25N5O/c1-16-7-9-17(10-8-16)11(18)5-3-2-4-6-15-12(13)14/h2-10H2,1H3,(H4,13,14,15). The Labute approximate surface area is 109 Å². The van der Waals surface area contributed by atoms with E-state index in [1.165, 1.54) is 0 Å². The van der Waals surface area contributed by atoms with Crippen molar-refractivity contribution in [1.29, 1.82) is 5.41 Å². The molecule has 1 heterocycles. The summed E-state index contributed by atoms with van der Waals surface area (Å²) in [4.78, 5) is 16.1. The van der Waals surface area contributed by atoms with Crippen LogP contribution in [-0.2, 0) is 4.79 Å². The molecule has 0 aromatic heterocycles. The van der Waals surface area contributed by atoms with Gasteiger partial charge in [-0.2, -0.15) is 0 Å². The maximum Gasteiger partial charge on any atom is 0.222 e. The summed E-state index contributed by atoms with van der Waals surface area (Å²) in [5.41, 5.74) is 5.17. The zero-order chi connectivity index (χ0) is 13.4. The summed E-state index contributed by atoms with van der Waals surface area (Å²) in [6, 6.07) is 0. The Hall–Kier alpha value is -1.30. The maximum atomic E-state index is 11.9. The lowest BCUT2D eigenvalue weighted by Gasteiger charge is -2.32. The Bertz CT molecular complexity index is 274. The van der Waals surface area contributed by atoms with Crippen LogP contribution in [0.5, 0.6) is 0 Å². The van der Waals surface area contributed by atoms with Crippen molar-refractivity contribution in [2.24, 2.45) is 5.73 Å². The summed E-state index contributed by atoms with van der Waals surface area (Å²) < 4.78 is 0. The summed E-state index contributed by atoms with van der Waals surface area (Å²) in [6.45, 7) is 4.41. The quantitative estimate of drug-likeness (QED) is 0.349. The van der Waals surface area contributed by atoms with Crippen molar-refractivity contribution in [1.82, 2.24) is 15.1 Å². The van der Waals surface area contributed by atoms with E-state index in [2.05, 4.69) is 17.3 Å². The molecule has 1 saturated heterocycles. The van der Waals surface area contributed by atoms with Gasteiger partial charge in [-0.1, -0.05) is 6.42 Å². The van der Waals surface area contributed by atoms with E-state index < -0.39 is 0 Å². The number of rotatable bonds is 6. The highest BCUT2D eigenvalue weighted by atomic mass is 16.2. The molecule has 1 aliphatic rings. The lowest BCUT2D eigenvalue weighted by molar-refractivity contribution is -0.132. The number of carbonyl (C=O) groups is 1. The van der Waals surface area contributed by atoms with Gasteiger partial charge in [0.05, 0.1) is 0 Å². The average Bonchev–Trinajstić information content (AvgIpc) is 2.34. The van der Waals surface area contributed by atoms with Crippen LogP contribution in [0, 0.1) is 5.41 Å². The molecule has 1 amide bonds. The van der Waals surface area contributed by atoms with Gasteiger partial charge in [0.1, 0.15) is 0 Å². The van der Waals surface area contributed by atoms with Gasteiger partial charge in [-0.25, -0.2) is 0 Å². The third-order valence-electron chi connectivity index (χ3n) is 3.24. The van der Waals surface area contributed by atoms with Crippen LogP contribution in [0.3, 0.4) is 0 Å². The molecule has 0 aromatic carbocycles. The summed E-state index contributed by atoms with van der Waals surface area (Å²) in [6.07, 6.45) is 3.52. The van der Waals surface area contributed by atoms with Crippen molar-refractivity contribution >= 4 is 11.9 Å². The lowest BCUT2D eigenvalue weighted by Crippen LogP contribution is -2.47. The van der Waals surface area contributed by atoms with Crippen LogP contribution in [0.1, 0.15) is 25.7 Å². The van der Waals surface area contributed by atoms with E-state index in [1.54, 1.807) is 0 Å². The molecule has 0 spiro atoms. The molecule has 0 aliphatic carbocycles. The Morgan fingerprint density at radius 2 is 1.89 bits per heavy atom. The molecule has 0 saturated carbocycles. The lowest BCUT2D eigenvalue weighted by atomic mass is 10.1. The van der Waals surface area contributed by atoms with Crippen molar-refractivity contribution in [3.05, 3.63) is 0 Å². The molecule has 18 heavy (non-hydrogen) atoms. The average molecular weight is 255 g/mol. The van der Waals surface area contributed by atoms with E-state index in [-0.39, 0.29) is 11.9 Å². The Morgan fingerprint density at radius 1 is 1.22 bits per heavy atom. The fraction of sp³-hybridized carbons (Fsp3) is 0.833.